The molecule has 0 aliphatic heterocycles. The van der Waals surface area contributed by atoms with Gasteiger partial charge in [-0.1, -0.05) is 23.9 Å². The summed E-state index contributed by atoms with van der Waals surface area (Å²) in [6.45, 7) is 0.444. The van der Waals surface area contributed by atoms with Gasteiger partial charge in [-0.25, -0.2) is 4.68 Å². The van der Waals surface area contributed by atoms with E-state index in [0.717, 1.165) is 22.6 Å². The van der Waals surface area contributed by atoms with Gasteiger partial charge in [0.25, 0.3) is 5.22 Å². The Bertz CT molecular complexity index is 1090. The van der Waals surface area contributed by atoms with Crippen molar-refractivity contribution >= 4 is 17.7 Å². The minimum atomic E-state index is -0.111. The maximum Gasteiger partial charge on any atom is 0.277 e. The highest BCUT2D eigenvalue weighted by Crippen LogP contribution is 2.24. The fourth-order valence-electron chi connectivity index (χ4n) is 2.69. The standard InChI is InChI=1S/C21H19N5O3S/c1-28-18-9-5-16(6-10-18)20-24-25-21(29-20)30-14-19(27)22-13-15-3-7-17(8-4-15)26-12-2-11-23-26/h2-12H,13-14H2,1H3,(H,22,27). The zero-order valence-corrected chi connectivity index (χ0v) is 17.0. The fourth-order valence-corrected chi connectivity index (χ4v) is 3.28. The molecule has 0 fully saturated rings. The van der Waals surface area contributed by atoms with Crippen molar-refractivity contribution in [2.45, 2.75) is 11.8 Å². The van der Waals surface area contributed by atoms with Crippen LogP contribution in [0.5, 0.6) is 5.75 Å². The summed E-state index contributed by atoms with van der Waals surface area (Å²) < 4.78 is 12.5. The van der Waals surface area contributed by atoms with Gasteiger partial charge >= 0.3 is 0 Å². The van der Waals surface area contributed by atoms with E-state index in [1.165, 1.54) is 11.8 Å². The third-order valence-corrected chi connectivity index (χ3v) is 5.08. The molecule has 0 bridgehead atoms. The van der Waals surface area contributed by atoms with Gasteiger partial charge < -0.3 is 14.5 Å². The van der Waals surface area contributed by atoms with Crippen LogP contribution in [0.4, 0.5) is 0 Å². The lowest BCUT2D eigenvalue weighted by Crippen LogP contribution is -2.24. The lowest BCUT2D eigenvalue weighted by atomic mass is 10.2. The minimum absolute atomic E-state index is 0.111. The molecule has 1 amide bonds. The zero-order valence-electron chi connectivity index (χ0n) is 16.2. The molecule has 2 aromatic carbocycles. The molecule has 0 aliphatic rings. The second-order valence-electron chi connectivity index (χ2n) is 6.28. The van der Waals surface area contributed by atoms with Crippen LogP contribution < -0.4 is 10.1 Å². The molecule has 0 saturated heterocycles. The Balaban J connectivity index is 1.25. The molecule has 0 radical (unpaired) electrons. The average Bonchev–Trinajstić information content (AvgIpc) is 3.49. The summed E-state index contributed by atoms with van der Waals surface area (Å²) in [7, 11) is 1.61. The van der Waals surface area contributed by atoms with Crippen molar-refractivity contribution in [3.8, 4) is 22.9 Å². The summed E-state index contributed by atoms with van der Waals surface area (Å²) in [6.07, 6.45) is 3.61. The number of rotatable bonds is 8. The molecule has 9 heteroatoms. The summed E-state index contributed by atoms with van der Waals surface area (Å²) in [5.41, 5.74) is 2.76. The van der Waals surface area contributed by atoms with E-state index in [-0.39, 0.29) is 11.7 Å². The Morgan fingerprint density at radius 2 is 1.93 bits per heavy atom. The third kappa shape index (κ3) is 4.87. The highest BCUT2D eigenvalue weighted by Gasteiger charge is 2.11. The van der Waals surface area contributed by atoms with Crippen molar-refractivity contribution in [2.75, 3.05) is 12.9 Å². The third-order valence-electron chi connectivity index (χ3n) is 4.27. The van der Waals surface area contributed by atoms with Crippen LogP contribution in [0.1, 0.15) is 5.56 Å². The van der Waals surface area contributed by atoms with Gasteiger partial charge in [0.2, 0.25) is 11.8 Å². The van der Waals surface area contributed by atoms with Crippen molar-refractivity contribution in [1.29, 1.82) is 0 Å². The van der Waals surface area contributed by atoms with Gasteiger partial charge in [0.05, 0.1) is 18.6 Å². The number of aromatic nitrogens is 4. The number of amides is 1. The normalized spacial score (nSPS) is 10.7. The topological polar surface area (TPSA) is 95.1 Å². The lowest BCUT2D eigenvalue weighted by molar-refractivity contribution is -0.118. The molecule has 2 aromatic heterocycles. The molecule has 152 valence electrons. The predicted molar refractivity (Wildman–Crippen MR) is 112 cm³/mol. The molecule has 0 atom stereocenters. The van der Waals surface area contributed by atoms with Crippen LogP contribution in [0.15, 0.2) is 76.6 Å². The van der Waals surface area contributed by atoms with Crippen molar-refractivity contribution in [2.24, 2.45) is 0 Å². The van der Waals surface area contributed by atoms with Crippen molar-refractivity contribution in [3.63, 3.8) is 0 Å². The molecule has 0 aliphatic carbocycles. The van der Waals surface area contributed by atoms with Crippen molar-refractivity contribution < 1.29 is 13.9 Å². The summed E-state index contributed by atoms with van der Waals surface area (Å²) in [4.78, 5) is 12.1. The largest absolute Gasteiger partial charge is 0.497 e. The summed E-state index contributed by atoms with van der Waals surface area (Å²) in [6, 6.07) is 17.0. The molecule has 30 heavy (non-hydrogen) atoms. The predicted octanol–water partition coefficient (Wildman–Crippen LogP) is 3.34. The van der Waals surface area contributed by atoms with Crippen LogP contribution in [0.3, 0.4) is 0 Å². The molecule has 8 nitrogen and oxygen atoms in total. The van der Waals surface area contributed by atoms with E-state index in [1.54, 1.807) is 18.0 Å². The van der Waals surface area contributed by atoms with Gasteiger partial charge in [-0.05, 0) is 48.0 Å². The van der Waals surface area contributed by atoms with Gasteiger partial charge in [-0.15, -0.1) is 10.2 Å². The number of carbonyl (C=O) groups is 1. The molecule has 1 N–H and O–H groups in total. The molecule has 0 spiro atoms. The first kappa shape index (κ1) is 19.7. The van der Waals surface area contributed by atoms with Gasteiger partial charge in [-0.2, -0.15) is 5.10 Å². The molecule has 0 saturated carbocycles. The smallest absolute Gasteiger partial charge is 0.277 e. The van der Waals surface area contributed by atoms with Crippen molar-refractivity contribution in [1.82, 2.24) is 25.3 Å². The van der Waals surface area contributed by atoms with E-state index in [2.05, 4.69) is 20.6 Å². The van der Waals surface area contributed by atoms with Gasteiger partial charge in [-0.3, -0.25) is 4.79 Å². The number of hydrogen-bond acceptors (Lipinski definition) is 7. The van der Waals surface area contributed by atoms with Crippen LogP contribution in [0.2, 0.25) is 0 Å². The van der Waals surface area contributed by atoms with E-state index >= 15 is 0 Å². The first-order valence-electron chi connectivity index (χ1n) is 9.17. The first-order valence-corrected chi connectivity index (χ1v) is 10.2. The van der Waals surface area contributed by atoms with Gasteiger partial charge in [0.1, 0.15) is 5.75 Å². The maximum absolute atomic E-state index is 12.1. The number of ether oxygens (including phenoxy) is 1. The Kier molecular flexibility index (Phi) is 6.09. The number of nitrogens with zero attached hydrogens (tertiary/aromatic N) is 4. The maximum atomic E-state index is 12.1. The molecular weight excluding hydrogens is 402 g/mol. The van der Waals surface area contributed by atoms with Crippen LogP contribution in [0, 0.1) is 0 Å². The second-order valence-corrected chi connectivity index (χ2v) is 7.21. The molecule has 4 rings (SSSR count). The van der Waals surface area contributed by atoms with E-state index in [4.69, 9.17) is 9.15 Å². The number of thioether (sulfide) groups is 1. The van der Waals surface area contributed by atoms with E-state index < -0.39 is 0 Å². The quantitative estimate of drug-likeness (QED) is 0.436. The van der Waals surface area contributed by atoms with Gasteiger partial charge in [0, 0.05) is 24.5 Å². The monoisotopic (exact) mass is 421 g/mol. The van der Waals surface area contributed by atoms with Crippen LogP contribution in [-0.4, -0.2) is 38.7 Å². The van der Waals surface area contributed by atoms with E-state index in [9.17, 15) is 4.79 Å². The highest BCUT2D eigenvalue weighted by molar-refractivity contribution is 7.99. The molecule has 0 unspecified atom stereocenters. The minimum Gasteiger partial charge on any atom is -0.497 e. The highest BCUT2D eigenvalue weighted by atomic mass is 32.2. The summed E-state index contributed by atoms with van der Waals surface area (Å²) in [5, 5.41) is 15.4. The Labute approximate surface area is 177 Å². The average molecular weight is 421 g/mol. The second kappa shape index (κ2) is 9.27. The Morgan fingerprint density at radius 1 is 1.13 bits per heavy atom. The first-order chi connectivity index (χ1) is 14.7. The Hall–Kier alpha value is -3.59. The number of benzene rings is 2. The summed E-state index contributed by atoms with van der Waals surface area (Å²) in [5.74, 6) is 1.23. The van der Waals surface area contributed by atoms with Gasteiger partial charge in [0.15, 0.2) is 0 Å². The molecular formula is C21H19N5O3S. The Morgan fingerprint density at radius 3 is 2.63 bits per heavy atom. The van der Waals surface area contributed by atoms with Crippen LogP contribution >= 0.6 is 11.8 Å². The van der Waals surface area contributed by atoms with E-state index in [1.807, 2.05) is 60.8 Å². The number of methoxy groups -OCH3 is 1. The summed E-state index contributed by atoms with van der Waals surface area (Å²) >= 11 is 1.20. The van der Waals surface area contributed by atoms with Crippen LogP contribution in [-0.2, 0) is 11.3 Å². The van der Waals surface area contributed by atoms with E-state index in [0.29, 0.717) is 17.7 Å². The van der Waals surface area contributed by atoms with Crippen LogP contribution in [0.25, 0.3) is 17.1 Å². The number of carbonyl (C=O) groups excluding carboxylic acids is 1. The molecule has 4 aromatic rings. The molecule has 2 heterocycles. The lowest BCUT2D eigenvalue weighted by Gasteiger charge is -2.06. The fraction of sp³-hybridized carbons (Fsp3) is 0.143. The SMILES string of the molecule is COc1ccc(-c2nnc(SCC(=O)NCc3ccc(-n4cccn4)cc3)o2)cc1. The number of hydrogen-bond donors (Lipinski definition) is 1. The number of nitrogens with one attached hydrogen (secondary N) is 1. The van der Waals surface area contributed by atoms with Crippen molar-refractivity contribution in [3.05, 3.63) is 72.6 Å². The zero-order chi connectivity index (χ0) is 20.8.